The molecule has 0 radical (unpaired) electrons. The molecule has 0 aliphatic carbocycles. The maximum atomic E-state index is 5.41. The highest BCUT2D eigenvalue weighted by molar-refractivity contribution is 7.80. The van der Waals surface area contributed by atoms with Gasteiger partial charge in [-0.05, 0) is 74.4 Å². The van der Waals surface area contributed by atoms with E-state index in [-0.39, 0.29) is 0 Å². The predicted octanol–water partition coefficient (Wildman–Crippen LogP) is 4.51. The van der Waals surface area contributed by atoms with Gasteiger partial charge in [-0.3, -0.25) is 0 Å². The molecule has 4 heteroatoms. The molecule has 3 nitrogen and oxygen atoms in total. The van der Waals surface area contributed by atoms with Gasteiger partial charge in [0.05, 0.1) is 6.61 Å². The summed E-state index contributed by atoms with van der Waals surface area (Å²) in [6.07, 6.45) is 0. The van der Waals surface area contributed by atoms with Crippen LogP contribution in [0.25, 0.3) is 0 Å². The topological polar surface area (TPSA) is 33.3 Å². The van der Waals surface area contributed by atoms with Gasteiger partial charge in [0.25, 0.3) is 0 Å². The lowest BCUT2D eigenvalue weighted by Crippen LogP contribution is -2.19. The van der Waals surface area contributed by atoms with Gasteiger partial charge in [-0.15, -0.1) is 0 Å². The first-order valence-corrected chi connectivity index (χ1v) is 7.38. The first-order chi connectivity index (χ1) is 10.1. The summed E-state index contributed by atoms with van der Waals surface area (Å²) in [5.41, 5.74) is 4.40. The fraction of sp³-hybridized carbons (Fsp3) is 0.235. The number of hydrogen-bond donors (Lipinski definition) is 2. The predicted molar refractivity (Wildman–Crippen MR) is 93.4 cm³/mol. The molecule has 2 aromatic rings. The Morgan fingerprint density at radius 3 is 2.43 bits per heavy atom. The zero-order chi connectivity index (χ0) is 15.2. The van der Waals surface area contributed by atoms with Crippen molar-refractivity contribution in [2.24, 2.45) is 0 Å². The number of ether oxygens (including phenoxy) is 1. The molecule has 2 N–H and O–H groups in total. The van der Waals surface area contributed by atoms with Crippen LogP contribution in [0.1, 0.15) is 18.1 Å². The maximum absolute atomic E-state index is 5.41. The second-order valence-electron chi connectivity index (χ2n) is 4.78. The lowest BCUT2D eigenvalue weighted by Gasteiger charge is -2.14. The summed E-state index contributed by atoms with van der Waals surface area (Å²) in [6, 6.07) is 13.9. The van der Waals surface area contributed by atoms with E-state index < -0.39 is 0 Å². The second-order valence-corrected chi connectivity index (χ2v) is 5.19. The quantitative estimate of drug-likeness (QED) is 0.814. The molecule has 0 unspecified atom stereocenters. The largest absolute Gasteiger partial charge is 0.494 e. The van der Waals surface area contributed by atoms with Gasteiger partial charge in [0.1, 0.15) is 5.75 Å². The van der Waals surface area contributed by atoms with E-state index in [0.717, 1.165) is 17.1 Å². The number of aryl methyl sites for hydroxylation is 1. The third kappa shape index (κ3) is 4.20. The van der Waals surface area contributed by atoms with Gasteiger partial charge in [0, 0.05) is 11.4 Å². The Hall–Kier alpha value is -2.07. The smallest absolute Gasteiger partial charge is 0.175 e. The van der Waals surface area contributed by atoms with Crippen LogP contribution in [-0.2, 0) is 0 Å². The van der Waals surface area contributed by atoms with E-state index in [4.69, 9.17) is 17.0 Å². The van der Waals surface area contributed by atoms with Crippen LogP contribution < -0.4 is 15.4 Å². The minimum Gasteiger partial charge on any atom is -0.494 e. The van der Waals surface area contributed by atoms with E-state index in [1.165, 1.54) is 11.1 Å². The van der Waals surface area contributed by atoms with Crippen LogP contribution >= 0.6 is 12.2 Å². The van der Waals surface area contributed by atoms with Crippen molar-refractivity contribution >= 4 is 28.7 Å². The number of anilines is 2. The molecule has 0 saturated carbocycles. The molecular formula is C17H20N2OS. The molecule has 21 heavy (non-hydrogen) atoms. The number of rotatable bonds is 4. The number of thiocarbonyl (C=S) groups is 1. The standard InChI is InChI=1S/C17H20N2OS/c1-4-20-15-10-8-14(9-11-15)18-17(21)19-16-7-5-6-12(2)13(16)3/h5-11H,4H2,1-3H3,(H2,18,19,21). The summed E-state index contributed by atoms with van der Waals surface area (Å²) in [5.74, 6) is 0.858. The van der Waals surface area contributed by atoms with Crippen molar-refractivity contribution in [2.75, 3.05) is 17.2 Å². The summed E-state index contributed by atoms with van der Waals surface area (Å²) >= 11 is 5.35. The van der Waals surface area contributed by atoms with E-state index in [9.17, 15) is 0 Å². The van der Waals surface area contributed by atoms with Crippen LogP contribution in [0, 0.1) is 13.8 Å². The van der Waals surface area contributed by atoms with Crippen LogP contribution in [0.4, 0.5) is 11.4 Å². The van der Waals surface area contributed by atoms with Crippen molar-refractivity contribution < 1.29 is 4.74 Å². The molecule has 0 atom stereocenters. The minimum atomic E-state index is 0.577. The highest BCUT2D eigenvalue weighted by Gasteiger charge is 2.03. The molecule has 0 saturated heterocycles. The van der Waals surface area contributed by atoms with Crippen LogP contribution in [0.5, 0.6) is 5.75 Å². The third-order valence-corrected chi connectivity index (χ3v) is 3.48. The van der Waals surface area contributed by atoms with Crippen molar-refractivity contribution in [2.45, 2.75) is 20.8 Å². The molecule has 2 aromatic carbocycles. The molecule has 0 spiro atoms. The number of nitrogens with one attached hydrogen (secondary N) is 2. The van der Waals surface area contributed by atoms with Crippen LogP contribution in [-0.4, -0.2) is 11.7 Å². The summed E-state index contributed by atoms with van der Waals surface area (Å²) in [6.45, 7) is 6.80. The molecule has 0 aromatic heterocycles. The molecule has 0 aliphatic rings. The normalized spacial score (nSPS) is 10.0. The number of hydrogen-bond acceptors (Lipinski definition) is 2. The SMILES string of the molecule is CCOc1ccc(NC(=S)Nc2cccc(C)c2C)cc1. The van der Waals surface area contributed by atoms with Crippen molar-refractivity contribution in [3.05, 3.63) is 53.6 Å². The van der Waals surface area contributed by atoms with E-state index in [0.29, 0.717) is 11.7 Å². The summed E-state index contributed by atoms with van der Waals surface area (Å²) in [7, 11) is 0. The fourth-order valence-corrected chi connectivity index (χ4v) is 2.20. The average Bonchev–Trinajstić information content (AvgIpc) is 2.46. The summed E-state index contributed by atoms with van der Waals surface area (Å²) < 4.78 is 5.41. The van der Waals surface area contributed by atoms with Crippen molar-refractivity contribution in [3.63, 3.8) is 0 Å². The van der Waals surface area contributed by atoms with Crippen LogP contribution in [0.2, 0.25) is 0 Å². The first-order valence-electron chi connectivity index (χ1n) is 6.97. The van der Waals surface area contributed by atoms with Crippen molar-refractivity contribution in [3.8, 4) is 5.75 Å². The third-order valence-electron chi connectivity index (χ3n) is 3.28. The Balaban J connectivity index is 1.99. The zero-order valence-corrected chi connectivity index (χ0v) is 13.4. The fourth-order valence-electron chi connectivity index (χ4n) is 1.97. The van der Waals surface area contributed by atoms with E-state index in [1.807, 2.05) is 43.3 Å². The average molecular weight is 300 g/mol. The highest BCUT2D eigenvalue weighted by atomic mass is 32.1. The van der Waals surface area contributed by atoms with E-state index >= 15 is 0 Å². The highest BCUT2D eigenvalue weighted by Crippen LogP contribution is 2.19. The number of benzene rings is 2. The Bertz CT molecular complexity index is 623. The summed E-state index contributed by atoms with van der Waals surface area (Å²) in [5, 5.41) is 6.98. The van der Waals surface area contributed by atoms with Gasteiger partial charge in [-0.25, -0.2) is 0 Å². The van der Waals surface area contributed by atoms with E-state index in [2.05, 4.69) is 30.5 Å². The summed E-state index contributed by atoms with van der Waals surface area (Å²) in [4.78, 5) is 0. The molecular weight excluding hydrogens is 280 g/mol. The lowest BCUT2D eigenvalue weighted by molar-refractivity contribution is 0.340. The molecule has 2 rings (SSSR count). The van der Waals surface area contributed by atoms with Crippen LogP contribution in [0.15, 0.2) is 42.5 Å². The van der Waals surface area contributed by atoms with Crippen molar-refractivity contribution in [1.29, 1.82) is 0 Å². The first kappa shape index (κ1) is 15.3. The zero-order valence-electron chi connectivity index (χ0n) is 12.6. The monoisotopic (exact) mass is 300 g/mol. The van der Waals surface area contributed by atoms with Crippen molar-refractivity contribution in [1.82, 2.24) is 0 Å². The maximum Gasteiger partial charge on any atom is 0.175 e. The van der Waals surface area contributed by atoms with Gasteiger partial charge in [0.15, 0.2) is 5.11 Å². The Kier molecular flexibility index (Phi) is 5.17. The molecule has 0 aliphatic heterocycles. The molecule has 0 heterocycles. The second kappa shape index (κ2) is 7.09. The van der Waals surface area contributed by atoms with Gasteiger partial charge < -0.3 is 15.4 Å². The Morgan fingerprint density at radius 2 is 1.76 bits per heavy atom. The van der Waals surface area contributed by atoms with Gasteiger partial charge in [0.2, 0.25) is 0 Å². The Morgan fingerprint density at radius 1 is 1.05 bits per heavy atom. The van der Waals surface area contributed by atoms with E-state index in [1.54, 1.807) is 0 Å². The lowest BCUT2D eigenvalue weighted by atomic mass is 10.1. The van der Waals surface area contributed by atoms with Crippen LogP contribution in [0.3, 0.4) is 0 Å². The minimum absolute atomic E-state index is 0.577. The van der Waals surface area contributed by atoms with Gasteiger partial charge in [-0.2, -0.15) is 0 Å². The molecule has 110 valence electrons. The van der Waals surface area contributed by atoms with Gasteiger partial charge in [-0.1, -0.05) is 12.1 Å². The molecule has 0 bridgehead atoms. The molecule has 0 amide bonds. The molecule has 0 fully saturated rings. The Labute approximate surface area is 131 Å². The van der Waals surface area contributed by atoms with Gasteiger partial charge >= 0.3 is 0 Å².